The van der Waals surface area contributed by atoms with Crippen LogP contribution in [0.1, 0.15) is 43.8 Å². The largest absolute Gasteiger partial charge is 0.330 e. The predicted molar refractivity (Wildman–Crippen MR) is 55.0 cm³/mol. The monoisotopic (exact) mass is 194 g/mol. The lowest BCUT2D eigenvalue weighted by Gasteiger charge is -2.22. The maximum Gasteiger partial charge on any atom is 0.136 e. The molecule has 2 heterocycles. The highest BCUT2D eigenvalue weighted by molar-refractivity contribution is 5.05. The fourth-order valence-corrected chi connectivity index (χ4v) is 2.26. The van der Waals surface area contributed by atoms with E-state index in [1.165, 1.54) is 18.7 Å². The van der Waals surface area contributed by atoms with Crippen molar-refractivity contribution in [3.63, 3.8) is 0 Å². The van der Waals surface area contributed by atoms with Gasteiger partial charge in [-0.2, -0.15) is 0 Å². The fourth-order valence-electron chi connectivity index (χ4n) is 2.26. The van der Waals surface area contributed by atoms with E-state index in [1.807, 2.05) is 0 Å². The van der Waals surface area contributed by atoms with Gasteiger partial charge < -0.3 is 10.3 Å². The number of nitrogens with two attached hydrogens (primary N) is 1. The number of aryl methyl sites for hydroxylation is 1. The van der Waals surface area contributed by atoms with Crippen LogP contribution in [0, 0.1) is 0 Å². The summed E-state index contributed by atoms with van der Waals surface area (Å²) < 4.78 is 2.28. The van der Waals surface area contributed by atoms with Crippen molar-refractivity contribution in [2.24, 2.45) is 5.73 Å². The molecule has 78 valence electrons. The minimum Gasteiger partial charge on any atom is -0.330 e. The van der Waals surface area contributed by atoms with Crippen LogP contribution in [0.5, 0.6) is 0 Å². The Bertz CT molecular complexity index is 305. The molecule has 0 fully saturated rings. The molecule has 0 aliphatic carbocycles. The highest BCUT2D eigenvalue weighted by Gasteiger charge is 2.23. The second-order valence-corrected chi connectivity index (χ2v) is 3.90. The van der Waals surface area contributed by atoms with E-state index in [0.717, 1.165) is 31.8 Å². The van der Waals surface area contributed by atoms with E-state index < -0.39 is 0 Å². The summed E-state index contributed by atoms with van der Waals surface area (Å²) in [6.07, 6.45) is 4.48. The lowest BCUT2D eigenvalue weighted by Crippen LogP contribution is -2.19. The standard InChI is InChI=1S/C10H18N4/c1-2-9-12-13-10-8(5-6-11)4-3-7-14(9)10/h8H,2-7,11H2,1H3. The Morgan fingerprint density at radius 1 is 1.50 bits per heavy atom. The zero-order chi connectivity index (χ0) is 9.97. The summed E-state index contributed by atoms with van der Waals surface area (Å²) in [6, 6.07) is 0. The second kappa shape index (κ2) is 4.09. The van der Waals surface area contributed by atoms with Gasteiger partial charge in [-0.15, -0.1) is 10.2 Å². The average Bonchev–Trinajstić information content (AvgIpc) is 2.62. The molecule has 0 amide bonds. The van der Waals surface area contributed by atoms with Crippen molar-refractivity contribution in [3.8, 4) is 0 Å². The summed E-state index contributed by atoms with van der Waals surface area (Å²) >= 11 is 0. The van der Waals surface area contributed by atoms with Gasteiger partial charge in [-0.05, 0) is 25.8 Å². The van der Waals surface area contributed by atoms with Gasteiger partial charge >= 0.3 is 0 Å². The van der Waals surface area contributed by atoms with Crippen LogP contribution in [0.4, 0.5) is 0 Å². The van der Waals surface area contributed by atoms with E-state index in [1.54, 1.807) is 0 Å². The number of hydrogen-bond acceptors (Lipinski definition) is 3. The van der Waals surface area contributed by atoms with Crippen LogP contribution in [0.2, 0.25) is 0 Å². The molecule has 1 aromatic heterocycles. The minimum atomic E-state index is 0.543. The second-order valence-electron chi connectivity index (χ2n) is 3.90. The number of nitrogens with zero attached hydrogens (tertiary/aromatic N) is 3. The van der Waals surface area contributed by atoms with Crippen molar-refractivity contribution in [1.29, 1.82) is 0 Å². The first-order valence-electron chi connectivity index (χ1n) is 5.48. The number of aromatic nitrogens is 3. The van der Waals surface area contributed by atoms with Crippen LogP contribution < -0.4 is 5.73 Å². The summed E-state index contributed by atoms with van der Waals surface area (Å²) in [5.74, 6) is 2.84. The molecule has 1 atom stereocenters. The maximum absolute atomic E-state index is 5.60. The zero-order valence-corrected chi connectivity index (χ0v) is 8.74. The van der Waals surface area contributed by atoms with Crippen LogP contribution >= 0.6 is 0 Å². The Morgan fingerprint density at radius 3 is 3.07 bits per heavy atom. The minimum absolute atomic E-state index is 0.543. The lowest BCUT2D eigenvalue weighted by molar-refractivity contribution is 0.421. The van der Waals surface area contributed by atoms with Gasteiger partial charge in [-0.1, -0.05) is 6.92 Å². The molecule has 1 aromatic rings. The van der Waals surface area contributed by atoms with Gasteiger partial charge in [0.05, 0.1) is 0 Å². The van der Waals surface area contributed by atoms with Crippen LogP contribution in [-0.4, -0.2) is 21.3 Å². The first kappa shape index (κ1) is 9.65. The summed E-state index contributed by atoms with van der Waals surface area (Å²) in [5, 5.41) is 8.51. The van der Waals surface area contributed by atoms with Crippen molar-refractivity contribution in [1.82, 2.24) is 14.8 Å². The summed E-state index contributed by atoms with van der Waals surface area (Å²) in [7, 11) is 0. The molecule has 1 aliphatic heterocycles. The lowest BCUT2D eigenvalue weighted by atomic mass is 9.95. The molecule has 14 heavy (non-hydrogen) atoms. The smallest absolute Gasteiger partial charge is 0.136 e. The van der Waals surface area contributed by atoms with Crippen LogP contribution in [0.15, 0.2) is 0 Å². The SMILES string of the molecule is CCc1nnc2n1CCCC2CCN. The van der Waals surface area contributed by atoms with Gasteiger partial charge in [0.25, 0.3) is 0 Å². The molecule has 1 aliphatic rings. The molecule has 0 saturated carbocycles. The summed E-state index contributed by atoms with van der Waals surface area (Å²) in [4.78, 5) is 0. The molecular weight excluding hydrogens is 176 g/mol. The van der Waals surface area contributed by atoms with Crippen molar-refractivity contribution in [3.05, 3.63) is 11.6 Å². The average molecular weight is 194 g/mol. The quantitative estimate of drug-likeness (QED) is 0.783. The van der Waals surface area contributed by atoms with Crippen LogP contribution in [0.3, 0.4) is 0 Å². The van der Waals surface area contributed by atoms with E-state index in [9.17, 15) is 0 Å². The Morgan fingerprint density at radius 2 is 2.36 bits per heavy atom. The van der Waals surface area contributed by atoms with Gasteiger partial charge in [0.15, 0.2) is 0 Å². The number of fused-ring (bicyclic) bond motifs is 1. The zero-order valence-electron chi connectivity index (χ0n) is 8.74. The first-order valence-corrected chi connectivity index (χ1v) is 5.48. The molecule has 0 aromatic carbocycles. The molecule has 2 N–H and O–H groups in total. The van der Waals surface area contributed by atoms with Crippen molar-refractivity contribution in [2.75, 3.05) is 6.54 Å². The fraction of sp³-hybridized carbons (Fsp3) is 0.800. The molecule has 2 rings (SSSR count). The molecular formula is C10H18N4. The summed E-state index contributed by atoms with van der Waals surface area (Å²) in [6.45, 7) is 3.97. The Balaban J connectivity index is 2.26. The highest BCUT2D eigenvalue weighted by Crippen LogP contribution is 2.28. The van der Waals surface area contributed by atoms with Crippen molar-refractivity contribution in [2.45, 2.75) is 45.1 Å². The molecule has 0 bridgehead atoms. The molecule has 1 unspecified atom stereocenters. The Labute approximate surface area is 84.5 Å². The first-order chi connectivity index (χ1) is 6.86. The molecule has 0 radical (unpaired) electrons. The van der Waals surface area contributed by atoms with Crippen molar-refractivity contribution < 1.29 is 0 Å². The van der Waals surface area contributed by atoms with Gasteiger partial charge in [0.1, 0.15) is 11.6 Å². The molecule has 4 nitrogen and oxygen atoms in total. The van der Waals surface area contributed by atoms with E-state index >= 15 is 0 Å². The number of hydrogen-bond donors (Lipinski definition) is 1. The Hall–Kier alpha value is -0.900. The highest BCUT2D eigenvalue weighted by atomic mass is 15.3. The van der Waals surface area contributed by atoms with E-state index in [0.29, 0.717) is 5.92 Å². The van der Waals surface area contributed by atoms with Crippen LogP contribution in [0.25, 0.3) is 0 Å². The number of rotatable bonds is 3. The third-order valence-electron chi connectivity index (χ3n) is 2.99. The molecule has 4 heteroatoms. The third-order valence-corrected chi connectivity index (χ3v) is 2.99. The van der Waals surface area contributed by atoms with E-state index in [4.69, 9.17) is 5.73 Å². The van der Waals surface area contributed by atoms with Gasteiger partial charge in [0, 0.05) is 18.9 Å². The molecule has 0 saturated heterocycles. The summed E-state index contributed by atoms with van der Waals surface area (Å²) in [5.41, 5.74) is 5.60. The topological polar surface area (TPSA) is 56.7 Å². The van der Waals surface area contributed by atoms with Gasteiger partial charge in [0.2, 0.25) is 0 Å². The Kier molecular flexibility index (Phi) is 2.82. The van der Waals surface area contributed by atoms with Crippen LogP contribution in [-0.2, 0) is 13.0 Å². The van der Waals surface area contributed by atoms with E-state index in [-0.39, 0.29) is 0 Å². The van der Waals surface area contributed by atoms with Crippen molar-refractivity contribution >= 4 is 0 Å². The van der Waals surface area contributed by atoms with Gasteiger partial charge in [-0.25, -0.2) is 0 Å². The van der Waals surface area contributed by atoms with Gasteiger partial charge in [-0.3, -0.25) is 0 Å². The maximum atomic E-state index is 5.60. The molecule has 0 spiro atoms. The third kappa shape index (κ3) is 1.54. The predicted octanol–water partition coefficient (Wildman–Crippen LogP) is 1.07. The normalized spacial score (nSPS) is 20.9. The van der Waals surface area contributed by atoms with E-state index in [2.05, 4.69) is 21.7 Å².